The number of pyridine rings is 1. The summed E-state index contributed by atoms with van der Waals surface area (Å²) in [6.07, 6.45) is 0.373. The molecule has 0 amide bonds. The van der Waals surface area contributed by atoms with Gasteiger partial charge in [0.25, 0.3) is 0 Å². The van der Waals surface area contributed by atoms with Crippen molar-refractivity contribution in [1.29, 1.82) is 5.26 Å². The van der Waals surface area contributed by atoms with Crippen LogP contribution < -0.4 is 0 Å². The van der Waals surface area contributed by atoms with Gasteiger partial charge in [-0.3, -0.25) is 5.10 Å². The van der Waals surface area contributed by atoms with E-state index in [1.54, 1.807) is 37.5 Å². The predicted octanol–water partition coefficient (Wildman–Crippen LogP) is 4.80. The standard InChI is InChI=1S/C23H20F3N5O2/c1-12-8-14(4-5-16(12)24)31-17-9-13-11-28-30-20(13)29-18(17)15(10-23(25,26)21(32)33)19(31)22(2,3)6-7-27/h4-5,8-9,11H,6,10H2,1-3H3,(H,32,33)(H,28,29,30). The molecule has 0 aliphatic rings. The fraction of sp³-hybridized carbons (Fsp3) is 0.304. The molecule has 0 unspecified atom stereocenters. The van der Waals surface area contributed by atoms with Crippen molar-refractivity contribution in [2.75, 3.05) is 0 Å². The average molecular weight is 455 g/mol. The first-order valence-electron chi connectivity index (χ1n) is 10.1. The molecule has 170 valence electrons. The van der Waals surface area contributed by atoms with Crippen LogP contribution in [0.4, 0.5) is 13.2 Å². The summed E-state index contributed by atoms with van der Waals surface area (Å²) in [5.74, 6) is -6.76. The summed E-state index contributed by atoms with van der Waals surface area (Å²) in [4.78, 5) is 15.8. The van der Waals surface area contributed by atoms with E-state index < -0.39 is 29.5 Å². The van der Waals surface area contributed by atoms with Crippen LogP contribution in [0.1, 0.15) is 37.1 Å². The molecule has 10 heteroatoms. The van der Waals surface area contributed by atoms with Gasteiger partial charge >= 0.3 is 11.9 Å². The van der Waals surface area contributed by atoms with Crippen molar-refractivity contribution in [3.63, 3.8) is 0 Å². The Bertz CT molecular complexity index is 1450. The highest BCUT2D eigenvalue weighted by atomic mass is 19.3. The number of halogens is 3. The Morgan fingerprint density at radius 2 is 2.03 bits per heavy atom. The number of benzene rings is 1. The summed E-state index contributed by atoms with van der Waals surface area (Å²) in [6.45, 7) is 5.01. The zero-order valence-electron chi connectivity index (χ0n) is 18.1. The second-order valence-corrected chi connectivity index (χ2v) is 8.67. The minimum absolute atomic E-state index is 0.0103. The predicted molar refractivity (Wildman–Crippen MR) is 115 cm³/mol. The quantitative estimate of drug-likeness (QED) is 0.434. The van der Waals surface area contributed by atoms with Gasteiger partial charge in [0, 0.05) is 34.2 Å². The van der Waals surface area contributed by atoms with E-state index in [1.807, 2.05) is 0 Å². The highest BCUT2D eigenvalue weighted by Crippen LogP contribution is 2.41. The van der Waals surface area contributed by atoms with E-state index in [9.17, 15) is 23.2 Å². The lowest BCUT2D eigenvalue weighted by Gasteiger charge is -2.27. The number of alkyl halides is 2. The minimum atomic E-state index is -4.07. The van der Waals surface area contributed by atoms with Gasteiger partial charge in [0.05, 0.1) is 29.7 Å². The maximum absolute atomic E-state index is 14.5. The number of aromatic nitrogens is 4. The van der Waals surface area contributed by atoms with Crippen LogP contribution in [-0.4, -0.2) is 36.7 Å². The van der Waals surface area contributed by atoms with E-state index in [0.717, 1.165) is 0 Å². The summed E-state index contributed by atoms with van der Waals surface area (Å²) in [5.41, 5.74) is 1.12. The number of nitriles is 1. The molecule has 0 fully saturated rings. The molecule has 0 radical (unpaired) electrons. The molecular weight excluding hydrogens is 435 g/mol. The molecule has 33 heavy (non-hydrogen) atoms. The van der Waals surface area contributed by atoms with E-state index in [1.165, 1.54) is 18.3 Å². The Kier molecular flexibility index (Phi) is 5.16. The third-order valence-corrected chi connectivity index (χ3v) is 5.72. The van der Waals surface area contributed by atoms with E-state index in [-0.39, 0.29) is 17.5 Å². The van der Waals surface area contributed by atoms with Crippen LogP contribution >= 0.6 is 0 Å². The van der Waals surface area contributed by atoms with Gasteiger partial charge < -0.3 is 9.67 Å². The van der Waals surface area contributed by atoms with Crippen LogP contribution in [-0.2, 0) is 16.6 Å². The number of rotatable bonds is 6. The summed E-state index contributed by atoms with van der Waals surface area (Å²) in [5, 5.41) is 25.8. The van der Waals surface area contributed by atoms with E-state index >= 15 is 0 Å². The fourth-order valence-corrected chi connectivity index (χ4v) is 4.12. The second kappa shape index (κ2) is 7.62. The Hall–Kier alpha value is -3.87. The topological polar surface area (TPSA) is 108 Å². The van der Waals surface area contributed by atoms with Crippen LogP contribution in [0.5, 0.6) is 0 Å². The van der Waals surface area contributed by atoms with Crippen molar-refractivity contribution in [1.82, 2.24) is 19.7 Å². The number of aromatic amines is 1. The molecule has 0 atom stereocenters. The van der Waals surface area contributed by atoms with Crippen LogP contribution in [0, 0.1) is 24.1 Å². The Morgan fingerprint density at radius 3 is 2.67 bits per heavy atom. The number of carbonyl (C=O) groups is 1. The van der Waals surface area contributed by atoms with Crippen molar-refractivity contribution < 1.29 is 23.1 Å². The van der Waals surface area contributed by atoms with Gasteiger partial charge in [-0.1, -0.05) is 13.8 Å². The molecule has 4 rings (SSSR count). The number of aliphatic carboxylic acids is 1. The Morgan fingerprint density at radius 1 is 1.30 bits per heavy atom. The van der Waals surface area contributed by atoms with Crippen molar-refractivity contribution >= 4 is 28.0 Å². The van der Waals surface area contributed by atoms with Crippen LogP contribution in [0.3, 0.4) is 0 Å². The van der Waals surface area contributed by atoms with Crippen molar-refractivity contribution in [2.24, 2.45) is 0 Å². The molecule has 0 bridgehead atoms. The van der Waals surface area contributed by atoms with Gasteiger partial charge in [-0.15, -0.1) is 0 Å². The molecule has 0 aliphatic heterocycles. The number of hydrogen-bond donors (Lipinski definition) is 2. The highest BCUT2D eigenvalue weighted by Gasteiger charge is 2.43. The number of nitrogens with zero attached hydrogens (tertiary/aromatic N) is 4. The van der Waals surface area contributed by atoms with E-state index in [2.05, 4.69) is 21.3 Å². The third kappa shape index (κ3) is 3.69. The summed E-state index contributed by atoms with van der Waals surface area (Å²) in [6, 6.07) is 8.13. The molecule has 2 N–H and O–H groups in total. The largest absolute Gasteiger partial charge is 0.477 e. The van der Waals surface area contributed by atoms with E-state index in [4.69, 9.17) is 5.11 Å². The maximum atomic E-state index is 14.5. The zero-order valence-corrected chi connectivity index (χ0v) is 18.1. The summed E-state index contributed by atoms with van der Waals surface area (Å²) < 4.78 is 44.7. The average Bonchev–Trinajstić information content (AvgIpc) is 3.30. The number of nitrogens with one attached hydrogen (secondary N) is 1. The third-order valence-electron chi connectivity index (χ3n) is 5.72. The molecule has 7 nitrogen and oxygen atoms in total. The van der Waals surface area contributed by atoms with Crippen molar-refractivity contribution in [3.05, 3.63) is 53.1 Å². The molecule has 3 heterocycles. The van der Waals surface area contributed by atoms with Gasteiger partial charge in [-0.2, -0.15) is 19.1 Å². The number of carboxylic acid groups (broad SMARTS) is 1. The number of carboxylic acids is 1. The van der Waals surface area contributed by atoms with Crippen LogP contribution in [0.2, 0.25) is 0 Å². The summed E-state index contributed by atoms with van der Waals surface area (Å²) >= 11 is 0. The van der Waals surface area contributed by atoms with Crippen molar-refractivity contribution in [2.45, 2.75) is 45.0 Å². The molecule has 3 aromatic heterocycles. The minimum Gasteiger partial charge on any atom is -0.477 e. The summed E-state index contributed by atoms with van der Waals surface area (Å²) in [7, 11) is 0. The van der Waals surface area contributed by atoms with Gasteiger partial charge in [-0.05, 0) is 36.8 Å². The first-order valence-corrected chi connectivity index (χ1v) is 10.1. The zero-order chi connectivity index (χ0) is 24.1. The van der Waals surface area contributed by atoms with Crippen molar-refractivity contribution in [3.8, 4) is 11.8 Å². The van der Waals surface area contributed by atoms with Gasteiger partial charge in [0.1, 0.15) is 5.82 Å². The normalized spacial score (nSPS) is 12.4. The first kappa shape index (κ1) is 22.3. The number of H-pyrrole nitrogens is 1. The van der Waals surface area contributed by atoms with E-state index in [0.29, 0.717) is 33.5 Å². The van der Waals surface area contributed by atoms with Gasteiger partial charge in [-0.25, -0.2) is 14.2 Å². The molecule has 0 saturated heterocycles. The Balaban J connectivity index is 2.18. The lowest BCUT2D eigenvalue weighted by Crippen LogP contribution is -2.32. The molecular formula is C23H20F3N5O2. The number of hydrogen-bond acceptors (Lipinski definition) is 4. The second-order valence-electron chi connectivity index (χ2n) is 8.67. The molecule has 0 aliphatic carbocycles. The highest BCUT2D eigenvalue weighted by molar-refractivity contribution is 5.94. The monoisotopic (exact) mass is 455 g/mol. The maximum Gasteiger partial charge on any atom is 0.374 e. The fourth-order valence-electron chi connectivity index (χ4n) is 4.12. The first-order chi connectivity index (χ1) is 15.5. The van der Waals surface area contributed by atoms with Crippen LogP contribution in [0.25, 0.3) is 27.8 Å². The molecule has 0 saturated carbocycles. The lowest BCUT2D eigenvalue weighted by atomic mass is 9.82. The Labute approximate surface area is 186 Å². The number of fused-ring (bicyclic) bond motifs is 2. The smallest absolute Gasteiger partial charge is 0.374 e. The van der Waals surface area contributed by atoms with Crippen LogP contribution in [0.15, 0.2) is 30.5 Å². The lowest BCUT2D eigenvalue weighted by molar-refractivity contribution is -0.164. The molecule has 1 aromatic carbocycles. The van der Waals surface area contributed by atoms with Gasteiger partial charge in [0.2, 0.25) is 0 Å². The SMILES string of the molecule is Cc1cc(-n2c(C(C)(C)CC#N)c(CC(F)(F)C(=O)O)c3nc4[nH]ncc4cc32)ccc1F. The molecule has 4 aromatic rings. The number of aryl methyl sites for hydroxylation is 1. The van der Waals surface area contributed by atoms with Gasteiger partial charge in [0.15, 0.2) is 5.65 Å². The molecule has 0 spiro atoms.